The van der Waals surface area contributed by atoms with Crippen LogP contribution in [-0.4, -0.2) is 37.9 Å². The Morgan fingerprint density at radius 2 is 1.89 bits per heavy atom. The molecule has 0 aliphatic heterocycles. The van der Waals surface area contributed by atoms with Crippen molar-refractivity contribution in [2.45, 2.75) is 51.5 Å². The first-order chi connectivity index (χ1) is 13.6. The largest absolute Gasteiger partial charge is 0.317 e. The highest BCUT2D eigenvalue weighted by Crippen LogP contribution is 2.37. The van der Waals surface area contributed by atoms with Crippen LogP contribution in [0.4, 0.5) is 0 Å². The molecular formula is C22H26N6. The Bertz CT molecular complexity index is 1150. The number of benzene rings is 1. The van der Waals surface area contributed by atoms with Crippen molar-refractivity contribution in [3.63, 3.8) is 0 Å². The van der Waals surface area contributed by atoms with Crippen LogP contribution in [0.15, 0.2) is 30.7 Å². The number of nitrogens with zero attached hydrogens (tertiary/aromatic N) is 4. The van der Waals surface area contributed by atoms with Crippen LogP contribution in [0, 0.1) is 13.8 Å². The Kier molecular flexibility index (Phi) is 4.16. The van der Waals surface area contributed by atoms with Gasteiger partial charge in [0, 0.05) is 29.1 Å². The second kappa shape index (κ2) is 6.71. The van der Waals surface area contributed by atoms with Crippen molar-refractivity contribution in [1.29, 1.82) is 0 Å². The van der Waals surface area contributed by atoms with Crippen LogP contribution in [-0.2, 0) is 0 Å². The van der Waals surface area contributed by atoms with Gasteiger partial charge in [-0.05, 0) is 81.5 Å². The molecule has 4 aromatic rings. The van der Waals surface area contributed by atoms with Gasteiger partial charge in [0.25, 0.3) is 0 Å². The van der Waals surface area contributed by atoms with Crippen LogP contribution in [0.3, 0.4) is 0 Å². The van der Waals surface area contributed by atoms with Crippen molar-refractivity contribution in [1.82, 2.24) is 30.1 Å². The number of aromatic nitrogens is 5. The Labute approximate surface area is 164 Å². The second-order valence-corrected chi connectivity index (χ2v) is 8.10. The number of hydrogen-bond acceptors (Lipinski definition) is 4. The number of pyridine rings is 1. The molecule has 0 radical (unpaired) electrons. The maximum absolute atomic E-state index is 4.73. The summed E-state index contributed by atoms with van der Waals surface area (Å²) in [5.74, 6) is 0.553. The lowest BCUT2D eigenvalue weighted by Crippen LogP contribution is -2.29. The number of fused-ring (bicyclic) bond motifs is 2. The number of aryl methyl sites for hydroxylation is 2. The van der Waals surface area contributed by atoms with E-state index in [1.54, 1.807) is 6.33 Å². The summed E-state index contributed by atoms with van der Waals surface area (Å²) < 4.78 is 1.85. The maximum atomic E-state index is 4.73. The first kappa shape index (κ1) is 17.4. The summed E-state index contributed by atoms with van der Waals surface area (Å²) >= 11 is 0. The number of hydrogen-bond donors (Lipinski definition) is 2. The first-order valence-corrected chi connectivity index (χ1v) is 10.1. The van der Waals surface area contributed by atoms with Gasteiger partial charge in [-0.3, -0.25) is 5.10 Å². The molecule has 3 heterocycles. The van der Waals surface area contributed by atoms with Crippen molar-refractivity contribution in [3.05, 3.63) is 47.5 Å². The smallest absolute Gasteiger partial charge is 0.158 e. The lowest BCUT2D eigenvalue weighted by atomic mass is 9.83. The average molecular weight is 374 g/mol. The molecule has 5 rings (SSSR count). The summed E-state index contributed by atoms with van der Waals surface area (Å²) in [6, 6.07) is 7.38. The highest BCUT2D eigenvalue weighted by atomic mass is 15.3. The van der Waals surface area contributed by atoms with E-state index < -0.39 is 0 Å². The topological polar surface area (TPSA) is 70.9 Å². The summed E-state index contributed by atoms with van der Waals surface area (Å²) in [4.78, 5) is 4.32. The molecule has 1 aliphatic rings. The normalized spacial score (nSPS) is 20.2. The monoisotopic (exact) mass is 374 g/mol. The minimum Gasteiger partial charge on any atom is -0.317 e. The van der Waals surface area contributed by atoms with Gasteiger partial charge in [0.1, 0.15) is 6.33 Å². The van der Waals surface area contributed by atoms with E-state index in [0.29, 0.717) is 12.0 Å². The average Bonchev–Trinajstić information content (AvgIpc) is 3.34. The predicted octanol–water partition coefficient (Wildman–Crippen LogP) is 4.14. The van der Waals surface area contributed by atoms with E-state index >= 15 is 0 Å². The fraction of sp³-hybridized carbons (Fsp3) is 0.409. The van der Waals surface area contributed by atoms with Crippen molar-refractivity contribution < 1.29 is 0 Å². The third-order valence-corrected chi connectivity index (χ3v) is 6.33. The minimum atomic E-state index is 0.553. The zero-order valence-corrected chi connectivity index (χ0v) is 16.7. The molecule has 2 N–H and O–H groups in total. The van der Waals surface area contributed by atoms with Crippen LogP contribution >= 0.6 is 0 Å². The van der Waals surface area contributed by atoms with Crippen LogP contribution in [0.5, 0.6) is 0 Å². The highest BCUT2D eigenvalue weighted by Gasteiger charge is 2.25. The van der Waals surface area contributed by atoms with Gasteiger partial charge in [0.15, 0.2) is 5.65 Å². The highest BCUT2D eigenvalue weighted by molar-refractivity contribution is 5.88. The number of nitrogens with one attached hydrogen (secondary N) is 2. The lowest BCUT2D eigenvalue weighted by molar-refractivity contribution is 0.356. The SMILES string of the molecule is CNC1CCC(c2n[nH]c3cc(-c4cc(C)c5ncnn5c4)c(C)cc23)CC1. The number of aromatic amines is 1. The van der Waals surface area contributed by atoms with Crippen LogP contribution in [0.1, 0.15) is 48.4 Å². The molecule has 0 spiro atoms. The van der Waals surface area contributed by atoms with Gasteiger partial charge in [0.2, 0.25) is 0 Å². The summed E-state index contributed by atoms with van der Waals surface area (Å²) in [5, 5.41) is 17.0. The van der Waals surface area contributed by atoms with Crippen LogP contribution < -0.4 is 5.32 Å². The van der Waals surface area contributed by atoms with Crippen LogP contribution in [0.25, 0.3) is 27.7 Å². The number of rotatable bonds is 3. The van der Waals surface area contributed by atoms with Gasteiger partial charge in [0.05, 0.1) is 11.2 Å². The first-order valence-electron chi connectivity index (χ1n) is 10.1. The summed E-state index contributed by atoms with van der Waals surface area (Å²) in [7, 11) is 2.07. The Morgan fingerprint density at radius 1 is 1.07 bits per heavy atom. The molecule has 6 nitrogen and oxygen atoms in total. The zero-order valence-electron chi connectivity index (χ0n) is 16.7. The molecule has 0 unspecified atom stereocenters. The third-order valence-electron chi connectivity index (χ3n) is 6.33. The maximum Gasteiger partial charge on any atom is 0.158 e. The molecular weight excluding hydrogens is 348 g/mol. The van der Waals surface area contributed by atoms with Crippen molar-refractivity contribution >= 4 is 16.6 Å². The van der Waals surface area contributed by atoms with Gasteiger partial charge in [-0.15, -0.1) is 0 Å². The van der Waals surface area contributed by atoms with Crippen molar-refractivity contribution in [3.8, 4) is 11.1 Å². The predicted molar refractivity (Wildman–Crippen MR) is 112 cm³/mol. The molecule has 1 fully saturated rings. The lowest BCUT2D eigenvalue weighted by Gasteiger charge is -2.27. The molecule has 6 heteroatoms. The van der Waals surface area contributed by atoms with Gasteiger partial charge < -0.3 is 5.32 Å². The molecule has 0 atom stereocenters. The van der Waals surface area contributed by atoms with Gasteiger partial charge in [-0.25, -0.2) is 9.50 Å². The number of H-pyrrole nitrogens is 1. The quantitative estimate of drug-likeness (QED) is 0.565. The van der Waals surface area contributed by atoms with E-state index in [9.17, 15) is 0 Å². The molecule has 0 saturated heterocycles. The summed E-state index contributed by atoms with van der Waals surface area (Å²) in [5.41, 5.74) is 8.01. The van der Waals surface area contributed by atoms with Gasteiger partial charge >= 0.3 is 0 Å². The van der Waals surface area contributed by atoms with E-state index in [0.717, 1.165) is 22.3 Å². The van der Waals surface area contributed by atoms with E-state index in [2.05, 4.69) is 65.8 Å². The fourth-order valence-electron chi connectivity index (χ4n) is 4.71. The summed E-state index contributed by atoms with van der Waals surface area (Å²) in [6.07, 6.45) is 8.52. The zero-order chi connectivity index (χ0) is 19.3. The van der Waals surface area contributed by atoms with E-state index in [1.807, 2.05) is 4.52 Å². The second-order valence-electron chi connectivity index (χ2n) is 8.10. The molecule has 1 saturated carbocycles. The van der Waals surface area contributed by atoms with E-state index in [-0.39, 0.29) is 0 Å². The van der Waals surface area contributed by atoms with E-state index in [4.69, 9.17) is 5.10 Å². The molecule has 1 aliphatic carbocycles. The van der Waals surface area contributed by atoms with Crippen molar-refractivity contribution in [2.24, 2.45) is 0 Å². The summed E-state index contributed by atoms with van der Waals surface area (Å²) in [6.45, 7) is 4.27. The fourth-order valence-corrected chi connectivity index (χ4v) is 4.71. The molecule has 3 aromatic heterocycles. The molecule has 0 amide bonds. The molecule has 1 aromatic carbocycles. The Balaban J connectivity index is 1.54. The molecule has 28 heavy (non-hydrogen) atoms. The van der Waals surface area contributed by atoms with Gasteiger partial charge in [-0.2, -0.15) is 10.2 Å². The van der Waals surface area contributed by atoms with Crippen LogP contribution in [0.2, 0.25) is 0 Å². The van der Waals surface area contributed by atoms with Crippen molar-refractivity contribution in [2.75, 3.05) is 7.05 Å². The van der Waals surface area contributed by atoms with Gasteiger partial charge in [-0.1, -0.05) is 0 Å². The molecule has 0 bridgehead atoms. The Hall–Kier alpha value is -2.73. The standard InChI is InChI=1S/C22H26N6/c1-13-9-19-20(26-27-21(19)15-4-6-17(23-3)7-5-15)10-18(13)16-8-14(2)22-24-12-25-28(22)11-16/h8-12,15,17,23H,4-7H2,1-3H3,(H,26,27). The third kappa shape index (κ3) is 2.79. The molecule has 144 valence electrons. The minimum absolute atomic E-state index is 0.553. The Morgan fingerprint density at radius 3 is 2.68 bits per heavy atom. The van der Waals surface area contributed by atoms with E-state index in [1.165, 1.54) is 47.9 Å².